The third kappa shape index (κ3) is 4.48. The van der Waals surface area contributed by atoms with Crippen LogP contribution in [0.3, 0.4) is 0 Å². The van der Waals surface area contributed by atoms with Gasteiger partial charge in [-0.1, -0.05) is 24.3 Å². The maximum Gasteiger partial charge on any atom is 0.121 e. The first-order valence-corrected chi connectivity index (χ1v) is 6.65. The summed E-state index contributed by atoms with van der Waals surface area (Å²) in [5, 5.41) is 16.1. The first kappa shape index (κ1) is 14.2. The van der Waals surface area contributed by atoms with E-state index in [1.807, 2.05) is 61.6 Å². The molecule has 0 saturated carbocycles. The first-order valence-electron chi connectivity index (χ1n) is 6.65. The quantitative estimate of drug-likeness (QED) is 0.725. The van der Waals surface area contributed by atoms with Crippen LogP contribution in [0.2, 0.25) is 0 Å². The van der Waals surface area contributed by atoms with Crippen LogP contribution in [-0.2, 0) is 0 Å². The molecule has 4 heteroatoms. The highest BCUT2D eigenvalue weighted by atomic mass is 16.5. The maximum absolute atomic E-state index is 9.90. The van der Waals surface area contributed by atoms with E-state index in [9.17, 15) is 5.11 Å². The lowest BCUT2D eigenvalue weighted by atomic mass is 10.3. The lowest BCUT2D eigenvalue weighted by Crippen LogP contribution is -2.26. The topological polar surface area (TPSA) is 53.5 Å². The van der Waals surface area contributed by atoms with Gasteiger partial charge >= 0.3 is 0 Å². The van der Waals surface area contributed by atoms with E-state index in [0.717, 1.165) is 17.1 Å². The van der Waals surface area contributed by atoms with E-state index in [-0.39, 0.29) is 6.61 Å². The van der Waals surface area contributed by atoms with Crippen molar-refractivity contribution < 1.29 is 9.84 Å². The van der Waals surface area contributed by atoms with Crippen LogP contribution >= 0.6 is 0 Å². The summed E-state index contributed by atoms with van der Waals surface area (Å²) in [5.74, 6) is 0.746. The standard InChI is InChI=1S/C16H20N2O2/c1-17-14-8-5-9-16(10-14)20-12-15(19)11-18-13-6-3-2-4-7-13/h2-10,15,17-19H,11-12H2,1H3. The number of hydrogen-bond donors (Lipinski definition) is 3. The molecule has 0 radical (unpaired) electrons. The monoisotopic (exact) mass is 272 g/mol. The average molecular weight is 272 g/mol. The summed E-state index contributed by atoms with van der Waals surface area (Å²) >= 11 is 0. The van der Waals surface area contributed by atoms with Crippen molar-refractivity contribution in [2.45, 2.75) is 6.10 Å². The minimum absolute atomic E-state index is 0.257. The SMILES string of the molecule is CNc1cccc(OCC(O)CNc2ccccc2)c1. The van der Waals surface area contributed by atoms with E-state index in [0.29, 0.717) is 6.54 Å². The molecule has 0 amide bonds. The highest BCUT2D eigenvalue weighted by Gasteiger charge is 2.05. The Morgan fingerprint density at radius 2 is 1.80 bits per heavy atom. The van der Waals surface area contributed by atoms with Crippen molar-refractivity contribution in [3.8, 4) is 5.75 Å². The van der Waals surface area contributed by atoms with Crippen molar-refractivity contribution in [2.75, 3.05) is 30.8 Å². The Hall–Kier alpha value is -2.20. The molecule has 2 aromatic rings. The fourth-order valence-corrected chi connectivity index (χ4v) is 1.78. The van der Waals surface area contributed by atoms with E-state index in [4.69, 9.17) is 4.74 Å². The van der Waals surface area contributed by atoms with Crippen molar-refractivity contribution in [1.29, 1.82) is 0 Å². The first-order chi connectivity index (χ1) is 9.78. The van der Waals surface area contributed by atoms with Crippen LogP contribution in [0.25, 0.3) is 0 Å². The van der Waals surface area contributed by atoms with Gasteiger partial charge in [0.15, 0.2) is 0 Å². The Bertz CT molecular complexity index is 517. The van der Waals surface area contributed by atoms with Crippen molar-refractivity contribution in [3.05, 3.63) is 54.6 Å². The smallest absolute Gasteiger partial charge is 0.121 e. The normalized spacial score (nSPS) is 11.7. The molecule has 106 valence electrons. The molecular formula is C16H20N2O2. The molecule has 1 unspecified atom stereocenters. The summed E-state index contributed by atoms with van der Waals surface area (Å²) in [6.07, 6.45) is -0.562. The highest BCUT2D eigenvalue weighted by molar-refractivity contribution is 5.47. The Balaban J connectivity index is 1.75. The number of aliphatic hydroxyl groups excluding tert-OH is 1. The van der Waals surface area contributed by atoms with Crippen LogP contribution in [0.4, 0.5) is 11.4 Å². The molecule has 2 aromatic carbocycles. The molecule has 0 heterocycles. The summed E-state index contributed by atoms with van der Waals surface area (Å²) in [6, 6.07) is 17.4. The molecule has 0 aliphatic carbocycles. The van der Waals surface area contributed by atoms with Gasteiger partial charge in [0.25, 0.3) is 0 Å². The predicted octanol–water partition coefficient (Wildman–Crippen LogP) is 2.58. The zero-order valence-electron chi connectivity index (χ0n) is 11.5. The van der Waals surface area contributed by atoms with Crippen LogP contribution in [0.15, 0.2) is 54.6 Å². The molecular weight excluding hydrogens is 252 g/mol. The number of rotatable bonds is 7. The molecule has 20 heavy (non-hydrogen) atoms. The average Bonchev–Trinajstić information content (AvgIpc) is 2.52. The fraction of sp³-hybridized carbons (Fsp3) is 0.250. The van der Waals surface area contributed by atoms with Gasteiger partial charge in [-0.25, -0.2) is 0 Å². The molecule has 0 aliphatic heterocycles. The van der Waals surface area contributed by atoms with Crippen molar-refractivity contribution in [3.63, 3.8) is 0 Å². The fourth-order valence-electron chi connectivity index (χ4n) is 1.78. The van der Waals surface area contributed by atoms with Crippen molar-refractivity contribution >= 4 is 11.4 Å². The Morgan fingerprint density at radius 1 is 1.05 bits per heavy atom. The third-order valence-electron chi connectivity index (χ3n) is 2.88. The molecule has 0 bridgehead atoms. The number of hydrogen-bond acceptors (Lipinski definition) is 4. The second kappa shape index (κ2) is 7.40. The number of aliphatic hydroxyl groups is 1. The van der Waals surface area contributed by atoms with Crippen LogP contribution < -0.4 is 15.4 Å². The zero-order valence-corrected chi connectivity index (χ0v) is 11.5. The lowest BCUT2D eigenvalue weighted by molar-refractivity contribution is 0.117. The zero-order chi connectivity index (χ0) is 14.2. The summed E-state index contributed by atoms with van der Waals surface area (Å²) in [7, 11) is 1.86. The van der Waals surface area contributed by atoms with Crippen LogP contribution in [0.5, 0.6) is 5.75 Å². The largest absolute Gasteiger partial charge is 0.491 e. The van der Waals surface area contributed by atoms with Gasteiger partial charge < -0.3 is 20.5 Å². The summed E-state index contributed by atoms with van der Waals surface area (Å²) < 4.78 is 5.57. The number of para-hydroxylation sites is 1. The van der Waals surface area contributed by atoms with Crippen LogP contribution in [0, 0.1) is 0 Å². The molecule has 3 N–H and O–H groups in total. The lowest BCUT2D eigenvalue weighted by Gasteiger charge is -2.14. The Morgan fingerprint density at radius 3 is 2.55 bits per heavy atom. The van der Waals surface area contributed by atoms with Crippen LogP contribution in [-0.4, -0.2) is 31.4 Å². The molecule has 1 atom stereocenters. The van der Waals surface area contributed by atoms with Gasteiger partial charge in [0.1, 0.15) is 18.5 Å². The third-order valence-corrected chi connectivity index (χ3v) is 2.88. The summed E-state index contributed by atoms with van der Waals surface area (Å²) in [4.78, 5) is 0. The molecule has 2 rings (SSSR count). The van der Waals surface area contributed by atoms with E-state index in [2.05, 4.69) is 10.6 Å². The second-order valence-electron chi connectivity index (χ2n) is 4.49. The Kier molecular flexibility index (Phi) is 5.26. The van der Waals surface area contributed by atoms with Gasteiger partial charge in [-0.15, -0.1) is 0 Å². The number of anilines is 2. The molecule has 4 nitrogen and oxygen atoms in total. The summed E-state index contributed by atoms with van der Waals surface area (Å²) in [5.41, 5.74) is 1.98. The van der Waals surface area contributed by atoms with Gasteiger partial charge in [0, 0.05) is 31.0 Å². The van der Waals surface area contributed by atoms with E-state index in [1.165, 1.54) is 0 Å². The van der Waals surface area contributed by atoms with Gasteiger partial charge in [-0.2, -0.15) is 0 Å². The van der Waals surface area contributed by atoms with Gasteiger partial charge in [0.05, 0.1) is 0 Å². The summed E-state index contributed by atoms with van der Waals surface area (Å²) in [6.45, 7) is 0.711. The van der Waals surface area contributed by atoms with E-state index >= 15 is 0 Å². The number of ether oxygens (including phenoxy) is 1. The highest BCUT2D eigenvalue weighted by Crippen LogP contribution is 2.16. The Labute approximate surface area is 119 Å². The molecule has 0 aromatic heterocycles. The van der Waals surface area contributed by atoms with Gasteiger partial charge in [0.2, 0.25) is 0 Å². The minimum atomic E-state index is -0.562. The molecule has 0 spiro atoms. The van der Waals surface area contributed by atoms with Crippen molar-refractivity contribution in [1.82, 2.24) is 0 Å². The molecule has 0 aliphatic rings. The minimum Gasteiger partial charge on any atom is -0.491 e. The predicted molar refractivity (Wildman–Crippen MR) is 82.4 cm³/mol. The second-order valence-corrected chi connectivity index (χ2v) is 4.49. The van der Waals surface area contributed by atoms with E-state index < -0.39 is 6.10 Å². The van der Waals surface area contributed by atoms with Crippen LogP contribution in [0.1, 0.15) is 0 Å². The molecule has 0 saturated heterocycles. The molecule has 0 fully saturated rings. The van der Waals surface area contributed by atoms with E-state index in [1.54, 1.807) is 0 Å². The number of benzene rings is 2. The van der Waals surface area contributed by atoms with Crippen molar-refractivity contribution in [2.24, 2.45) is 0 Å². The number of nitrogens with one attached hydrogen (secondary N) is 2. The van der Waals surface area contributed by atoms with Gasteiger partial charge in [-0.3, -0.25) is 0 Å². The maximum atomic E-state index is 9.90. The van der Waals surface area contributed by atoms with Gasteiger partial charge in [-0.05, 0) is 24.3 Å².